The number of nitrogens with zero attached hydrogens (tertiary/aromatic N) is 4. The zero-order valence-corrected chi connectivity index (χ0v) is 44.3. The van der Waals surface area contributed by atoms with Crippen molar-refractivity contribution in [2.75, 3.05) is 9.80 Å². The number of ether oxygens (including phenoxy) is 1. The Morgan fingerprint density at radius 1 is 0.500 bits per heavy atom. The summed E-state index contributed by atoms with van der Waals surface area (Å²) in [7, 11) is 0. The molecule has 0 fully saturated rings. The van der Waals surface area contributed by atoms with E-state index in [0.717, 1.165) is 44.6 Å². The van der Waals surface area contributed by atoms with Crippen LogP contribution in [0.25, 0.3) is 27.6 Å². The molecule has 0 radical (unpaired) electrons. The average Bonchev–Trinajstić information content (AvgIpc) is 3.92. The second kappa shape index (κ2) is 17.9. The van der Waals surface area contributed by atoms with Crippen molar-refractivity contribution in [3.63, 3.8) is 0 Å². The summed E-state index contributed by atoms with van der Waals surface area (Å²) in [5, 5.41) is 2.31. The maximum atomic E-state index is 7.11. The first-order valence-electron chi connectivity index (χ1n) is 23.7. The summed E-state index contributed by atoms with van der Waals surface area (Å²) in [4.78, 5) is 9.42. The molecule has 9 rings (SSSR count). The molecule has 6 aromatic carbocycles. The number of benzene rings is 6. The van der Waals surface area contributed by atoms with Gasteiger partial charge in [0, 0.05) is 55.4 Å². The molecule has 0 aliphatic carbocycles. The molecule has 0 bridgehead atoms. The van der Waals surface area contributed by atoms with Gasteiger partial charge < -0.3 is 19.1 Å². The molecule has 1 aliphatic heterocycles. The van der Waals surface area contributed by atoms with Gasteiger partial charge in [0.25, 0.3) is 0 Å². The maximum Gasteiger partial charge on any atom is 0.135 e. The summed E-state index contributed by atoms with van der Waals surface area (Å²) >= 11 is 0. The Labute approximate surface area is 420 Å². The summed E-state index contributed by atoms with van der Waals surface area (Å²) < 4.78 is 9.38. The molecule has 2 aromatic heterocycles. The fourth-order valence-electron chi connectivity index (χ4n) is 9.32. The Morgan fingerprint density at radius 3 is 1.66 bits per heavy atom. The van der Waals surface area contributed by atoms with Crippen LogP contribution in [0.4, 0.5) is 11.4 Å². The predicted molar refractivity (Wildman–Crippen MR) is 281 cm³/mol. The van der Waals surface area contributed by atoms with Crippen LogP contribution in [0.2, 0.25) is 0 Å². The van der Waals surface area contributed by atoms with Crippen molar-refractivity contribution in [2.24, 2.45) is 0 Å². The number of rotatable bonds is 9. The Balaban J connectivity index is 0.00000625. The van der Waals surface area contributed by atoms with Gasteiger partial charge >= 0.3 is 0 Å². The van der Waals surface area contributed by atoms with E-state index in [-0.39, 0.29) is 48.1 Å². The largest absolute Gasteiger partial charge is 0.509 e. The van der Waals surface area contributed by atoms with Crippen molar-refractivity contribution in [1.82, 2.24) is 9.55 Å². The fraction of sp³-hybridized carbons (Fsp3) is 0.290. The van der Waals surface area contributed by atoms with E-state index in [1.165, 1.54) is 33.4 Å². The van der Waals surface area contributed by atoms with Gasteiger partial charge in [0.15, 0.2) is 0 Å². The predicted octanol–water partition coefficient (Wildman–Crippen LogP) is 16.0. The molecule has 0 saturated carbocycles. The SMILES string of the molecule is CC(C)(C)c1cc(N2C=CN(c3[c-]c(Oc4[c-]c5c(c(C(C)(C)C)c4)c4ccccc4n5-c4cc(C(C)(C)c5ccccc5)ccn4)cc(C(C)(C)c4ccccc4)c3)[CH-]2)cc(C(C)(C)C)c1.[Pt]. The van der Waals surface area contributed by atoms with Crippen LogP contribution in [0, 0.1) is 18.8 Å². The molecular weight excluding hydrogens is 1010 g/mol. The van der Waals surface area contributed by atoms with E-state index in [2.05, 4.69) is 269 Å². The molecule has 8 aromatic rings. The number of hydrogen-bond acceptors (Lipinski definition) is 4. The van der Waals surface area contributed by atoms with Crippen LogP contribution in [0.5, 0.6) is 11.5 Å². The molecule has 0 N–H and O–H groups in total. The standard InChI is InChI=1S/C62H65N4O.Pt/c1-58(2,3)45-32-46(59(4,5)6)34-48(33-45)64-30-31-65(41-64)49-35-47(62(12,13)43-24-18-15-19-25-43)36-50(38-49)67-51-39-53(60(7,8)9)57-52-26-20-21-27-54(52)66(55(57)40-51)56-37-44(28-29-63-56)61(10,11)42-22-16-14-17-23-42;/h14-37,39,41H,1-13H3;/q-3;. The van der Waals surface area contributed by atoms with Crippen LogP contribution in [-0.2, 0) is 48.1 Å². The van der Waals surface area contributed by atoms with Gasteiger partial charge in [-0.15, -0.1) is 53.8 Å². The Kier molecular flexibility index (Phi) is 12.8. The Morgan fingerprint density at radius 2 is 1.06 bits per heavy atom. The topological polar surface area (TPSA) is 33.5 Å². The second-order valence-corrected chi connectivity index (χ2v) is 22.5. The third-order valence-corrected chi connectivity index (χ3v) is 13.8. The first kappa shape index (κ1) is 48.6. The molecule has 0 atom stereocenters. The van der Waals surface area contributed by atoms with E-state index < -0.39 is 0 Å². The van der Waals surface area contributed by atoms with Crippen LogP contribution in [-0.4, -0.2) is 9.55 Å². The zero-order valence-electron chi connectivity index (χ0n) is 42.0. The van der Waals surface area contributed by atoms with Gasteiger partial charge in [-0.1, -0.05) is 186 Å². The monoisotopic (exact) mass is 1080 g/mol. The Bertz CT molecular complexity index is 3110. The minimum absolute atomic E-state index is 0. The van der Waals surface area contributed by atoms with Crippen LogP contribution in [0.3, 0.4) is 0 Å². The summed E-state index contributed by atoms with van der Waals surface area (Å²) in [6.07, 6.45) is 6.19. The smallest absolute Gasteiger partial charge is 0.135 e. The van der Waals surface area contributed by atoms with Gasteiger partial charge in [0.05, 0.1) is 0 Å². The van der Waals surface area contributed by atoms with E-state index in [1.54, 1.807) is 0 Å². The molecule has 0 saturated heterocycles. The van der Waals surface area contributed by atoms with Gasteiger partial charge in [-0.2, -0.15) is 0 Å². The van der Waals surface area contributed by atoms with Gasteiger partial charge in [-0.25, -0.2) is 4.98 Å². The van der Waals surface area contributed by atoms with Crippen molar-refractivity contribution in [2.45, 2.75) is 117 Å². The van der Waals surface area contributed by atoms with Crippen molar-refractivity contribution in [3.8, 4) is 17.3 Å². The number of fused-ring (bicyclic) bond motifs is 3. The van der Waals surface area contributed by atoms with Crippen molar-refractivity contribution in [3.05, 3.63) is 210 Å². The molecule has 1 aliphatic rings. The second-order valence-electron chi connectivity index (χ2n) is 22.5. The van der Waals surface area contributed by atoms with E-state index in [0.29, 0.717) is 11.5 Å². The van der Waals surface area contributed by atoms with E-state index in [1.807, 2.05) is 6.20 Å². The van der Waals surface area contributed by atoms with Crippen molar-refractivity contribution in [1.29, 1.82) is 0 Å². The van der Waals surface area contributed by atoms with Crippen LogP contribution in [0.15, 0.2) is 152 Å². The third kappa shape index (κ3) is 9.32. The van der Waals surface area contributed by atoms with Crippen LogP contribution < -0.4 is 14.5 Å². The van der Waals surface area contributed by atoms with Gasteiger partial charge in [-0.05, 0) is 97.6 Å². The average molecular weight is 1080 g/mol. The molecule has 5 nitrogen and oxygen atoms in total. The maximum absolute atomic E-state index is 7.11. The molecule has 3 heterocycles. The summed E-state index contributed by atoms with van der Waals surface area (Å²) in [5.74, 6) is 2.07. The van der Waals surface area contributed by atoms with E-state index in [4.69, 9.17) is 9.72 Å². The van der Waals surface area contributed by atoms with Gasteiger partial charge in [0.1, 0.15) is 5.82 Å². The van der Waals surface area contributed by atoms with Gasteiger partial charge in [-0.3, -0.25) is 0 Å². The van der Waals surface area contributed by atoms with Crippen LogP contribution in [0.1, 0.15) is 129 Å². The molecule has 68 heavy (non-hydrogen) atoms. The van der Waals surface area contributed by atoms with E-state index in [9.17, 15) is 0 Å². The minimum Gasteiger partial charge on any atom is -0.509 e. The third-order valence-electron chi connectivity index (χ3n) is 13.8. The van der Waals surface area contributed by atoms with Gasteiger partial charge in [0.2, 0.25) is 0 Å². The Hall–Kier alpha value is -5.90. The number of hydrogen-bond donors (Lipinski definition) is 0. The molecular formula is C62H65N4OPt-3. The number of anilines is 2. The number of aromatic nitrogens is 2. The van der Waals surface area contributed by atoms with Crippen molar-refractivity contribution < 1.29 is 25.8 Å². The molecule has 0 spiro atoms. The first-order chi connectivity index (χ1) is 31.6. The molecule has 0 amide bonds. The number of pyridine rings is 1. The molecule has 352 valence electrons. The van der Waals surface area contributed by atoms with E-state index >= 15 is 0 Å². The normalized spacial score (nSPS) is 13.7. The molecule has 0 unspecified atom stereocenters. The van der Waals surface area contributed by atoms with Crippen molar-refractivity contribution >= 4 is 33.2 Å². The first-order valence-corrected chi connectivity index (χ1v) is 23.7. The minimum atomic E-state index is -0.351. The number of para-hydroxylation sites is 1. The summed E-state index contributed by atoms with van der Waals surface area (Å²) in [5.41, 5.74) is 11.7. The summed E-state index contributed by atoms with van der Waals surface area (Å²) in [6, 6.07) is 55.5. The van der Waals surface area contributed by atoms with Crippen LogP contribution >= 0.6 is 0 Å². The summed E-state index contributed by atoms with van der Waals surface area (Å²) in [6.45, 7) is 31.8. The fourth-order valence-corrected chi connectivity index (χ4v) is 9.32. The quantitative estimate of drug-likeness (QED) is 0.135. The zero-order chi connectivity index (χ0) is 47.7. The molecule has 6 heteroatoms.